The second-order valence-electron chi connectivity index (χ2n) is 4.67. The minimum atomic E-state index is -0.931. The maximum absolute atomic E-state index is 12.2. The summed E-state index contributed by atoms with van der Waals surface area (Å²) in [6.45, 7) is 2.25. The van der Waals surface area contributed by atoms with Crippen LogP contribution in [0.2, 0.25) is 0 Å². The van der Waals surface area contributed by atoms with Crippen molar-refractivity contribution < 1.29 is 9.00 Å². The first-order valence-corrected chi connectivity index (χ1v) is 7.83. The Kier molecular flexibility index (Phi) is 5.06. The van der Waals surface area contributed by atoms with E-state index in [9.17, 15) is 9.00 Å². The Labute approximate surface area is 110 Å². The Morgan fingerprint density at radius 2 is 2.06 bits per heavy atom. The SMILES string of the molecule is CC(CNC(=O)C1(C(N)=S)CCCC1)S(C)=O. The predicted molar refractivity (Wildman–Crippen MR) is 74.2 cm³/mol. The number of thiocarbonyl (C=S) groups is 1. The van der Waals surface area contributed by atoms with Gasteiger partial charge in [-0.15, -0.1) is 0 Å². The first-order chi connectivity index (χ1) is 7.90. The van der Waals surface area contributed by atoms with Gasteiger partial charge in [-0.25, -0.2) is 0 Å². The first-order valence-electron chi connectivity index (χ1n) is 5.80. The van der Waals surface area contributed by atoms with Crippen LogP contribution in [0.25, 0.3) is 0 Å². The molecule has 1 saturated carbocycles. The van der Waals surface area contributed by atoms with Gasteiger partial charge >= 0.3 is 0 Å². The Hall–Kier alpha value is -0.490. The fourth-order valence-electron chi connectivity index (χ4n) is 2.09. The molecule has 0 spiro atoms. The average Bonchev–Trinajstić information content (AvgIpc) is 2.75. The quantitative estimate of drug-likeness (QED) is 0.726. The second kappa shape index (κ2) is 5.91. The topological polar surface area (TPSA) is 72.2 Å². The number of hydrogen-bond acceptors (Lipinski definition) is 3. The third-order valence-electron chi connectivity index (χ3n) is 3.48. The van der Waals surface area contributed by atoms with E-state index in [1.165, 1.54) is 0 Å². The van der Waals surface area contributed by atoms with E-state index in [0.717, 1.165) is 25.7 Å². The van der Waals surface area contributed by atoms with Gasteiger partial charge in [-0.3, -0.25) is 9.00 Å². The van der Waals surface area contributed by atoms with Gasteiger partial charge in [-0.1, -0.05) is 25.1 Å². The average molecular weight is 276 g/mol. The monoisotopic (exact) mass is 276 g/mol. The van der Waals surface area contributed by atoms with E-state index in [-0.39, 0.29) is 16.1 Å². The van der Waals surface area contributed by atoms with Crippen molar-refractivity contribution in [3.63, 3.8) is 0 Å². The van der Waals surface area contributed by atoms with E-state index in [0.29, 0.717) is 6.54 Å². The molecule has 4 nitrogen and oxygen atoms in total. The van der Waals surface area contributed by atoms with Gasteiger partial charge in [0.2, 0.25) is 5.91 Å². The van der Waals surface area contributed by atoms with Crippen LogP contribution in [0.4, 0.5) is 0 Å². The number of amides is 1. The summed E-state index contributed by atoms with van der Waals surface area (Å²) in [5.41, 5.74) is 5.05. The summed E-state index contributed by atoms with van der Waals surface area (Å²) in [7, 11) is -0.931. The molecule has 1 aliphatic carbocycles. The van der Waals surface area contributed by atoms with Crippen LogP contribution in [-0.2, 0) is 15.6 Å². The van der Waals surface area contributed by atoms with E-state index in [4.69, 9.17) is 18.0 Å². The van der Waals surface area contributed by atoms with Crippen molar-refractivity contribution in [2.75, 3.05) is 12.8 Å². The molecule has 6 heteroatoms. The van der Waals surface area contributed by atoms with Gasteiger partial charge in [-0.05, 0) is 19.8 Å². The molecule has 98 valence electrons. The van der Waals surface area contributed by atoms with Gasteiger partial charge in [-0.2, -0.15) is 0 Å². The molecular formula is C11H20N2O2S2. The van der Waals surface area contributed by atoms with Gasteiger partial charge in [0.1, 0.15) is 0 Å². The Bertz CT molecular complexity index is 338. The number of hydrogen-bond donors (Lipinski definition) is 2. The molecule has 0 aromatic rings. The summed E-state index contributed by atoms with van der Waals surface area (Å²) in [4.78, 5) is 12.4. The molecule has 0 aliphatic heterocycles. The summed E-state index contributed by atoms with van der Waals surface area (Å²) in [5, 5.41) is 2.78. The van der Waals surface area contributed by atoms with Crippen LogP contribution in [0.1, 0.15) is 32.6 Å². The van der Waals surface area contributed by atoms with Gasteiger partial charge in [0, 0.05) is 28.9 Å². The van der Waals surface area contributed by atoms with Crippen LogP contribution >= 0.6 is 12.2 Å². The summed E-state index contributed by atoms with van der Waals surface area (Å²) >= 11 is 5.03. The third-order valence-corrected chi connectivity index (χ3v) is 5.17. The molecule has 1 aliphatic rings. The van der Waals surface area contributed by atoms with E-state index >= 15 is 0 Å². The molecule has 2 unspecified atom stereocenters. The number of nitrogens with two attached hydrogens (primary N) is 1. The van der Waals surface area contributed by atoms with Crippen LogP contribution in [0.3, 0.4) is 0 Å². The van der Waals surface area contributed by atoms with Crippen LogP contribution in [0, 0.1) is 5.41 Å². The predicted octanol–water partition coefficient (Wildman–Crippen LogP) is 0.716. The van der Waals surface area contributed by atoms with Crippen LogP contribution < -0.4 is 11.1 Å². The summed E-state index contributed by atoms with van der Waals surface area (Å²) < 4.78 is 11.2. The summed E-state index contributed by atoms with van der Waals surface area (Å²) in [6, 6.07) is 0. The lowest BCUT2D eigenvalue weighted by molar-refractivity contribution is -0.127. The highest BCUT2D eigenvalue weighted by Crippen LogP contribution is 2.38. The van der Waals surface area contributed by atoms with E-state index < -0.39 is 16.2 Å². The van der Waals surface area contributed by atoms with Gasteiger partial charge < -0.3 is 11.1 Å². The minimum Gasteiger partial charge on any atom is -0.392 e. The zero-order valence-corrected chi connectivity index (χ0v) is 12.0. The highest BCUT2D eigenvalue weighted by Gasteiger charge is 2.43. The lowest BCUT2D eigenvalue weighted by atomic mass is 9.85. The molecule has 3 N–H and O–H groups in total. The summed E-state index contributed by atoms with van der Waals surface area (Å²) in [6.07, 6.45) is 5.07. The maximum Gasteiger partial charge on any atom is 0.233 e. The zero-order valence-electron chi connectivity index (χ0n) is 10.3. The molecule has 1 amide bonds. The van der Waals surface area contributed by atoms with Crippen LogP contribution in [0.5, 0.6) is 0 Å². The number of rotatable bonds is 5. The molecule has 2 atom stereocenters. The zero-order chi connectivity index (χ0) is 13.1. The molecule has 17 heavy (non-hydrogen) atoms. The first kappa shape index (κ1) is 14.6. The van der Waals surface area contributed by atoms with Crippen molar-refractivity contribution in [1.29, 1.82) is 0 Å². The molecule has 0 saturated heterocycles. The standard InChI is InChI=1S/C11H20N2O2S2/c1-8(17(2)15)7-13-10(14)11(9(12)16)5-3-4-6-11/h8H,3-7H2,1-2H3,(H2,12,16)(H,13,14). The normalized spacial score (nSPS) is 21.8. The Morgan fingerprint density at radius 1 is 1.53 bits per heavy atom. The molecule has 0 heterocycles. The smallest absolute Gasteiger partial charge is 0.233 e. The molecule has 1 rings (SSSR count). The van der Waals surface area contributed by atoms with Crippen molar-refractivity contribution in [2.24, 2.45) is 11.1 Å². The molecule has 0 aromatic carbocycles. The molecule has 0 aromatic heterocycles. The van der Waals surface area contributed by atoms with Gasteiger partial charge in [0.25, 0.3) is 0 Å². The third kappa shape index (κ3) is 3.25. The van der Waals surface area contributed by atoms with Crippen molar-refractivity contribution in [2.45, 2.75) is 37.9 Å². The van der Waals surface area contributed by atoms with Gasteiger partial charge in [0.05, 0.1) is 10.4 Å². The number of carbonyl (C=O) groups excluding carboxylic acids is 1. The van der Waals surface area contributed by atoms with Crippen LogP contribution in [0.15, 0.2) is 0 Å². The highest BCUT2D eigenvalue weighted by molar-refractivity contribution is 7.84. The summed E-state index contributed by atoms with van der Waals surface area (Å²) in [5.74, 6) is -0.0974. The van der Waals surface area contributed by atoms with E-state index in [2.05, 4.69) is 5.32 Å². The molecule has 0 bridgehead atoms. The van der Waals surface area contributed by atoms with Crippen molar-refractivity contribution in [3.8, 4) is 0 Å². The fraction of sp³-hybridized carbons (Fsp3) is 0.818. The van der Waals surface area contributed by atoms with Crippen molar-refractivity contribution in [1.82, 2.24) is 5.32 Å². The maximum atomic E-state index is 12.2. The van der Waals surface area contributed by atoms with E-state index in [1.807, 2.05) is 6.92 Å². The molecular weight excluding hydrogens is 256 g/mol. The van der Waals surface area contributed by atoms with Gasteiger partial charge in [0.15, 0.2) is 0 Å². The van der Waals surface area contributed by atoms with Crippen molar-refractivity contribution in [3.05, 3.63) is 0 Å². The largest absolute Gasteiger partial charge is 0.392 e. The number of carbonyl (C=O) groups is 1. The highest BCUT2D eigenvalue weighted by atomic mass is 32.2. The number of nitrogens with one attached hydrogen (secondary N) is 1. The second-order valence-corrected chi connectivity index (χ2v) is 6.91. The fourth-order valence-corrected chi connectivity index (χ4v) is 2.70. The Morgan fingerprint density at radius 3 is 2.47 bits per heavy atom. The minimum absolute atomic E-state index is 0.0521. The lowest BCUT2D eigenvalue weighted by Gasteiger charge is -2.26. The molecule has 0 radical (unpaired) electrons. The van der Waals surface area contributed by atoms with E-state index in [1.54, 1.807) is 6.26 Å². The lowest BCUT2D eigenvalue weighted by Crippen LogP contribution is -2.48. The van der Waals surface area contributed by atoms with Crippen molar-refractivity contribution >= 4 is 33.9 Å². The Balaban J connectivity index is 2.62. The molecule has 1 fully saturated rings. The van der Waals surface area contributed by atoms with Crippen LogP contribution in [-0.4, -0.2) is 33.2 Å².